The normalized spacial score (nSPS) is 17.2. The lowest BCUT2D eigenvalue weighted by atomic mass is 10.2. The minimum atomic E-state index is -0.366. The van der Waals surface area contributed by atoms with Crippen molar-refractivity contribution in [2.75, 3.05) is 11.9 Å². The summed E-state index contributed by atoms with van der Waals surface area (Å²) in [6.45, 7) is 2.71. The third kappa shape index (κ3) is 3.84. The van der Waals surface area contributed by atoms with Crippen LogP contribution in [0.1, 0.15) is 44.3 Å². The van der Waals surface area contributed by atoms with Gasteiger partial charge in [-0.2, -0.15) is 0 Å². The van der Waals surface area contributed by atoms with Gasteiger partial charge in [0, 0.05) is 12.8 Å². The van der Waals surface area contributed by atoms with Gasteiger partial charge in [-0.15, -0.1) is 0 Å². The van der Waals surface area contributed by atoms with Crippen molar-refractivity contribution < 1.29 is 9.13 Å². The first-order chi connectivity index (χ1) is 17.1. The maximum absolute atomic E-state index is 14.5. The predicted octanol–water partition coefficient (Wildman–Crippen LogP) is 5.33. The molecule has 5 heterocycles. The second kappa shape index (κ2) is 8.97. The first-order valence-electron chi connectivity index (χ1n) is 11.4. The van der Waals surface area contributed by atoms with E-state index >= 15 is 0 Å². The van der Waals surface area contributed by atoms with E-state index in [-0.39, 0.29) is 18.1 Å². The fraction of sp³-hybridized carbons (Fsp3) is 0.292. The summed E-state index contributed by atoms with van der Waals surface area (Å²) in [6, 6.07) is 8.34. The molecule has 0 saturated carbocycles. The molecule has 0 radical (unpaired) electrons. The molecule has 178 valence electrons. The van der Waals surface area contributed by atoms with Crippen LogP contribution >= 0.6 is 15.9 Å². The van der Waals surface area contributed by atoms with Gasteiger partial charge in [0.15, 0.2) is 17.0 Å². The van der Waals surface area contributed by atoms with Gasteiger partial charge >= 0.3 is 0 Å². The van der Waals surface area contributed by atoms with Crippen LogP contribution in [0.2, 0.25) is 0 Å². The number of aromatic nitrogens is 7. The fourth-order valence-electron chi connectivity index (χ4n) is 4.51. The van der Waals surface area contributed by atoms with E-state index in [1.165, 1.54) is 12.4 Å². The fourth-order valence-corrected chi connectivity index (χ4v) is 5.02. The number of fused-ring (bicyclic) bond motifs is 2. The number of nitrogens with one attached hydrogen (secondary N) is 1. The number of anilines is 1. The minimum absolute atomic E-state index is 0.0745. The molecule has 9 nitrogen and oxygen atoms in total. The van der Waals surface area contributed by atoms with Crippen LogP contribution in [0.3, 0.4) is 0 Å². The Balaban J connectivity index is 1.42. The summed E-state index contributed by atoms with van der Waals surface area (Å²) in [4.78, 5) is 22.8. The van der Waals surface area contributed by atoms with Crippen LogP contribution in [0.5, 0.6) is 0 Å². The SMILES string of the molecule is CC(Nc1ncnc2c1ncn2[C@@H]1CCCCO1)c1nc2ccc(F)c(Br)c2n1-c1ccccn1. The Morgan fingerprint density at radius 3 is 2.86 bits per heavy atom. The molecule has 2 atom stereocenters. The smallest absolute Gasteiger partial charge is 0.167 e. The number of rotatable bonds is 5. The van der Waals surface area contributed by atoms with E-state index < -0.39 is 0 Å². The highest BCUT2D eigenvalue weighted by Crippen LogP contribution is 2.33. The third-order valence-corrected chi connectivity index (χ3v) is 6.93. The van der Waals surface area contributed by atoms with Crippen LogP contribution in [0.15, 0.2) is 53.7 Å². The van der Waals surface area contributed by atoms with Crippen molar-refractivity contribution in [1.82, 2.24) is 34.1 Å². The number of halogens is 2. The monoisotopic (exact) mass is 536 g/mol. The highest BCUT2D eigenvalue weighted by molar-refractivity contribution is 9.10. The summed E-state index contributed by atoms with van der Waals surface area (Å²) in [5, 5.41) is 3.43. The average Bonchev–Trinajstić information content (AvgIpc) is 3.50. The third-order valence-electron chi connectivity index (χ3n) is 6.18. The molecule has 1 unspecified atom stereocenters. The molecule has 0 amide bonds. The van der Waals surface area contributed by atoms with E-state index in [1.807, 2.05) is 34.3 Å². The molecule has 5 aromatic rings. The topological polar surface area (TPSA) is 95.6 Å². The van der Waals surface area contributed by atoms with Gasteiger partial charge in [0.25, 0.3) is 0 Å². The number of hydrogen-bond acceptors (Lipinski definition) is 7. The maximum atomic E-state index is 14.5. The Labute approximate surface area is 208 Å². The number of imidazole rings is 2. The van der Waals surface area contributed by atoms with Gasteiger partial charge in [-0.25, -0.2) is 29.3 Å². The van der Waals surface area contributed by atoms with E-state index in [0.29, 0.717) is 44.1 Å². The number of nitrogens with zero attached hydrogens (tertiary/aromatic N) is 7. The second-order valence-electron chi connectivity index (χ2n) is 8.46. The summed E-state index contributed by atoms with van der Waals surface area (Å²) in [7, 11) is 0. The zero-order chi connectivity index (χ0) is 23.9. The van der Waals surface area contributed by atoms with Crippen molar-refractivity contribution in [3.8, 4) is 5.82 Å². The predicted molar refractivity (Wildman–Crippen MR) is 133 cm³/mol. The van der Waals surface area contributed by atoms with E-state index in [2.05, 4.69) is 41.2 Å². The molecule has 11 heteroatoms. The van der Waals surface area contributed by atoms with Crippen molar-refractivity contribution in [3.05, 3.63) is 65.3 Å². The van der Waals surface area contributed by atoms with E-state index in [0.717, 1.165) is 25.9 Å². The van der Waals surface area contributed by atoms with Gasteiger partial charge in [-0.1, -0.05) is 6.07 Å². The zero-order valence-corrected chi connectivity index (χ0v) is 20.5. The van der Waals surface area contributed by atoms with Gasteiger partial charge in [-0.3, -0.25) is 9.13 Å². The molecule has 1 aromatic carbocycles. The zero-order valence-electron chi connectivity index (χ0n) is 18.9. The Morgan fingerprint density at radius 1 is 1.14 bits per heavy atom. The standard InChI is InChI=1S/C24H22BrFN8O/c1-14(31-22-20-24(29-12-28-22)33(13-30-20)18-7-3-5-11-35-18)23-32-16-9-8-15(26)19(25)21(16)34(23)17-6-2-4-10-27-17/h2,4,6,8-10,12-14,18H,3,5,7,11H2,1H3,(H,28,29,31)/t14?,18-/m0/s1. The van der Waals surface area contributed by atoms with Crippen molar-refractivity contribution in [3.63, 3.8) is 0 Å². The van der Waals surface area contributed by atoms with Crippen molar-refractivity contribution in [1.29, 1.82) is 0 Å². The first-order valence-corrected chi connectivity index (χ1v) is 12.2. The first kappa shape index (κ1) is 22.1. The van der Waals surface area contributed by atoms with Gasteiger partial charge in [0.1, 0.15) is 30.0 Å². The highest BCUT2D eigenvalue weighted by atomic mass is 79.9. The molecule has 1 aliphatic rings. The molecule has 0 spiro atoms. The number of ether oxygens (including phenoxy) is 1. The van der Waals surface area contributed by atoms with Crippen molar-refractivity contribution in [2.45, 2.75) is 38.5 Å². The molecule has 1 saturated heterocycles. The maximum Gasteiger partial charge on any atom is 0.167 e. The number of benzene rings is 1. The van der Waals surface area contributed by atoms with Crippen molar-refractivity contribution in [2.24, 2.45) is 0 Å². The van der Waals surface area contributed by atoms with Gasteiger partial charge in [0.2, 0.25) is 0 Å². The molecular formula is C24H22BrFN8O. The summed E-state index contributed by atoms with van der Waals surface area (Å²) in [5.41, 5.74) is 2.63. The number of pyridine rings is 1. The molecular weight excluding hydrogens is 515 g/mol. The summed E-state index contributed by atoms with van der Waals surface area (Å²) in [6.07, 6.45) is 8.00. The second-order valence-corrected chi connectivity index (χ2v) is 9.25. The molecule has 4 aromatic heterocycles. The Bertz CT molecular complexity index is 1510. The molecule has 1 N–H and O–H groups in total. The summed E-state index contributed by atoms with van der Waals surface area (Å²) in [5.74, 6) is 1.51. The molecule has 0 aliphatic carbocycles. The number of hydrogen-bond donors (Lipinski definition) is 1. The lowest BCUT2D eigenvalue weighted by Gasteiger charge is -2.23. The van der Waals surface area contributed by atoms with E-state index in [9.17, 15) is 4.39 Å². The van der Waals surface area contributed by atoms with Gasteiger partial charge in [0.05, 0.1) is 27.9 Å². The Kier molecular flexibility index (Phi) is 5.65. The van der Waals surface area contributed by atoms with E-state index in [1.54, 1.807) is 18.6 Å². The van der Waals surface area contributed by atoms with E-state index in [4.69, 9.17) is 9.72 Å². The Hall–Kier alpha value is -3.44. The van der Waals surface area contributed by atoms with Crippen LogP contribution in [0, 0.1) is 5.82 Å². The molecule has 0 bridgehead atoms. The lowest BCUT2D eigenvalue weighted by Crippen LogP contribution is -2.18. The largest absolute Gasteiger partial charge is 0.358 e. The Morgan fingerprint density at radius 2 is 2.06 bits per heavy atom. The summed E-state index contributed by atoms with van der Waals surface area (Å²) >= 11 is 3.40. The molecule has 6 rings (SSSR count). The van der Waals surface area contributed by atoms with Crippen LogP contribution in [-0.2, 0) is 4.74 Å². The average molecular weight is 537 g/mol. The lowest BCUT2D eigenvalue weighted by molar-refractivity contribution is -0.0298. The van der Waals surface area contributed by atoms with Crippen LogP contribution in [-0.4, -0.2) is 40.7 Å². The highest BCUT2D eigenvalue weighted by Gasteiger charge is 2.24. The van der Waals surface area contributed by atoms with Gasteiger partial charge in [-0.05, 0) is 66.4 Å². The minimum Gasteiger partial charge on any atom is -0.358 e. The summed E-state index contributed by atoms with van der Waals surface area (Å²) < 4.78 is 24.6. The van der Waals surface area contributed by atoms with Crippen LogP contribution in [0.4, 0.5) is 10.2 Å². The quantitative estimate of drug-likeness (QED) is 0.324. The van der Waals surface area contributed by atoms with Crippen LogP contribution < -0.4 is 5.32 Å². The molecule has 1 aliphatic heterocycles. The molecule has 35 heavy (non-hydrogen) atoms. The molecule has 1 fully saturated rings. The van der Waals surface area contributed by atoms with Crippen LogP contribution in [0.25, 0.3) is 28.0 Å². The van der Waals surface area contributed by atoms with Gasteiger partial charge < -0.3 is 10.1 Å². The van der Waals surface area contributed by atoms with Crippen molar-refractivity contribution >= 4 is 43.9 Å².